The van der Waals surface area contributed by atoms with E-state index < -0.39 is 6.36 Å². The Morgan fingerprint density at radius 1 is 1.10 bits per heavy atom. The largest absolute Gasteiger partial charge is 0.573 e. The van der Waals surface area contributed by atoms with Gasteiger partial charge in [0.15, 0.2) is 0 Å². The zero-order chi connectivity index (χ0) is 20.6. The van der Waals surface area contributed by atoms with E-state index in [1.54, 1.807) is 12.1 Å². The van der Waals surface area contributed by atoms with E-state index >= 15 is 0 Å². The number of aliphatic hydroxyl groups excluding tert-OH is 1. The van der Waals surface area contributed by atoms with Crippen LogP contribution >= 0.6 is 0 Å². The van der Waals surface area contributed by atoms with Crippen molar-refractivity contribution in [2.24, 2.45) is 0 Å². The molecule has 0 spiro atoms. The lowest BCUT2D eigenvalue weighted by atomic mass is 10.00. The van der Waals surface area contributed by atoms with Crippen LogP contribution in [0, 0.1) is 0 Å². The molecule has 2 amide bonds. The first-order valence-corrected chi connectivity index (χ1v) is 10.2. The van der Waals surface area contributed by atoms with Crippen molar-refractivity contribution in [2.45, 2.75) is 69.1 Å². The lowest BCUT2D eigenvalue weighted by Crippen LogP contribution is -2.56. The van der Waals surface area contributed by atoms with E-state index in [4.69, 9.17) is 0 Å². The molecule has 4 rings (SSSR count). The molecule has 3 atom stereocenters. The van der Waals surface area contributed by atoms with Gasteiger partial charge in [0.1, 0.15) is 5.75 Å². The van der Waals surface area contributed by atoms with Crippen molar-refractivity contribution in [3.8, 4) is 5.75 Å². The molecule has 0 aromatic heterocycles. The zero-order valence-electron chi connectivity index (χ0n) is 16.1. The number of benzene rings is 1. The van der Waals surface area contributed by atoms with Crippen LogP contribution in [0.15, 0.2) is 24.3 Å². The highest BCUT2D eigenvalue weighted by Gasteiger charge is 2.43. The molecular formula is C20H26F3N3O3. The number of fused-ring (bicyclic) bond motifs is 2. The number of carbonyl (C=O) groups excluding carboxylic acids is 1. The summed E-state index contributed by atoms with van der Waals surface area (Å²) in [5.41, 5.74) is 0.805. The van der Waals surface area contributed by atoms with E-state index in [-0.39, 0.29) is 36.0 Å². The van der Waals surface area contributed by atoms with Crippen LogP contribution in [0.4, 0.5) is 23.7 Å². The lowest BCUT2D eigenvalue weighted by Gasteiger charge is -2.40. The molecule has 2 unspecified atom stereocenters. The number of halogens is 3. The number of nitrogens with zero attached hydrogens (tertiary/aromatic N) is 2. The van der Waals surface area contributed by atoms with Crippen molar-refractivity contribution in [2.75, 3.05) is 18.0 Å². The van der Waals surface area contributed by atoms with E-state index in [0.29, 0.717) is 19.4 Å². The predicted molar refractivity (Wildman–Crippen MR) is 101 cm³/mol. The second-order valence-electron chi connectivity index (χ2n) is 8.19. The van der Waals surface area contributed by atoms with Gasteiger partial charge in [-0.1, -0.05) is 0 Å². The average Bonchev–Trinajstić information content (AvgIpc) is 2.93. The predicted octanol–water partition coefficient (Wildman–Crippen LogP) is 3.25. The van der Waals surface area contributed by atoms with Gasteiger partial charge in [0.05, 0.1) is 6.10 Å². The van der Waals surface area contributed by atoms with E-state index in [1.165, 1.54) is 12.1 Å². The standard InChI is InChI=1S/C20H26F3N3O3/c21-20(22,23)29-18-7-5-14(6-8-18)25-9-1-2-13(12-25)24-19(28)26-15-3-4-16(26)11-17(27)10-15/h5-8,13,15-17,27H,1-4,9-12H2,(H,24,28)/t13-,15?,16?,17?/m0/s1. The summed E-state index contributed by atoms with van der Waals surface area (Å²) in [6.07, 6.45) is -0.0884. The van der Waals surface area contributed by atoms with Crippen molar-refractivity contribution in [3.05, 3.63) is 24.3 Å². The minimum Gasteiger partial charge on any atom is -0.406 e. The van der Waals surface area contributed by atoms with Gasteiger partial charge < -0.3 is 25.0 Å². The second-order valence-corrected chi connectivity index (χ2v) is 8.19. The zero-order valence-corrected chi connectivity index (χ0v) is 16.1. The summed E-state index contributed by atoms with van der Waals surface area (Å²) >= 11 is 0. The number of carbonyl (C=O) groups is 1. The summed E-state index contributed by atoms with van der Waals surface area (Å²) in [5, 5.41) is 13.1. The van der Waals surface area contributed by atoms with Crippen LogP contribution in [0.25, 0.3) is 0 Å². The fourth-order valence-electron chi connectivity index (χ4n) is 4.92. The van der Waals surface area contributed by atoms with Crippen molar-refractivity contribution in [3.63, 3.8) is 0 Å². The molecule has 3 heterocycles. The van der Waals surface area contributed by atoms with Gasteiger partial charge in [0.25, 0.3) is 0 Å². The number of anilines is 1. The highest BCUT2D eigenvalue weighted by Crippen LogP contribution is 2.36. The number of piperidine rings is 2. The van der Waals surface area contributed by atoms with Crippen molar-refractivity contribution in [1.82, 2.24) is 10.2 Å². The molecular weight excluding hydrogens is 387 g/mol. The topological polar surface area (TPSA) is 65.0 Å². The van der Waals surface area contributed by atoms with Gasteiger partial charge >= 0.3 is 12.4 Å². The third-order valence-electron chi connectivity index (χ3n) is 6.13. The van der Waals surface area contributed by atoms with Gasteiger partial charge in [-0.15, -0.1) is 13.2 Å². The summed E-state index contributed by atoms with van der Waals surface area (Å²) in [6, 6.07) is 5.98. The highest BCUT2D eigenvalue weighted by molar-refractivity contribution is 5.76. The van der Waals surface area contributed by atoms with Crippen molar-refractivity contribution >= 4 is 11.7 Å². The molecule has 1 aromatic carbocycles. The molecule has 3 fully saturated rings. The number of ether oxygens (including phenoxy) is 1. The van der Waals surface area contributed by atoms with Crippen LogP contribution in [0.1, 0.15) is 38.5 Å². The number of aliphatic hydroxyl groups is 1. The minimum atomic E-state index is -4.70. The Labute approximate surface area is 167 Å². The van der Waals surface area contributed by atoms with Gasteiger partial charge in [-0.2, -0.15) is 0 Å². The summed E-state index contributed by atoms with van der Waals surface area (Å²) in [5.74, 6) is -0.245. The van der Waals surface area contributed by atoms with Crippen molar-refractivity contribution in [1.29, 1.82) is 0 Å². The summed E-state index contributed by atoms with van der Waals surface area (Å²) in [7, 11) is 0. The van der Waals surface area contributed by atoms with Crippen LogP contribution < -0.4 is 15.0 Å². The van der Waals surface area contributed by atoms with Gasteiger partial charge in [-0.05, 0) is 62.8 Å². The quantitative estimate of drug-likeness (QED) is 0.799. The fourth-order valence-corrected chi connectivity index (χ4v) is 4.92. The molecule has 0 aliphatic carbocycles. The lowest BCUT2D eigenvalue weighted by molar-refractivity contribution is -0.274. The molecule has 29 heavy (non-hydrogen) atoms. The SMILES string of the molecule is O=C(N[C@H]1CCCN(c2ccc(OC(F)(F)F)cc2)C1)N1C2CCC1CC(O)C2. The number of urea groups is 1. The molecule has 160 valence electrons. The van der Waals surface area contributed by atoms with Crippen LogP contribution in [-0.2, 0) is 0 Å². The van der Waals surface area contributed by atoms with E-state index in [0.717, 1.165) is 37.9 Å². The Bertz CT molecular complexity index is 714. The maximum absolute atomic E-state index is 12.8. The number of nitrogens with one attached hydrogen (secondary N) is 1. The van der Waals surface area contributed by atoms with E-state index in [9.17, 15) is 23.1 Å². The van der Waals surface area contributed by atoms with Gasteiger partial charge in [0.2, 0.25) is 0 Å². The van der Waals surface area contributed by atoms with Gasteiger partial charge in [-0.3, -0.25) is 0 Å². The van der Waals surface area contributed by atoms with Crippen LogP contribution in [-0.4, -0.2) is 59.7 Å². The number of amides is 2. The smallest absolute Gasteiger partial charge is 0.406 e. The number of hydrogen-bond donors (Lipinski definition) is 2. The van der Waals surface area contributed by atoms with Gasteiger partial charge in [0, 0.05) is 36.9 Å². The van der Waals surface area contributed by atoms with Crippen LogP contribution in [0.3, 0.4) is 0 Å². The number of rotatable bonds is 3. The maximum Gasteiger partial charge on any atom is 0.573 e. The van der Waals surface area contributed by atoms with Gasteiger partial charge in [-0.25, -0.2) is 4.79 Å². The molecule has 2 bridgehead atoms. The first-order valence-electron chi connectivity index (χ1n) is 10.2. The molecule has 0 radical (unpaired) electrons. The second kappa shape index (κ2) is 7.93. The number of alkyl halides is 3. The number of hydrogen-bond acceptors (Lipinski definition) is 4. The highest BCUT2D eigenvalue weighted by atomic mass is 19.4. The summed E-state index contributed by atoms with van der Waals surface area (Å²) in [6.45, 7) is 1.39. The normalized spacial score (nSPS) is 29.7. The monoisotopic (exact) mass is 413 g/mol. The maximum atomic E-state index is 12.8. The third kappa shape index (κ3) is 4.71. The fraction of sp³-hybridized carbons (Fsp3) is 0.650. The van der Waals surface area contributed by atoms with Crippen LogP contribution in [0.2, 0.25) is 0 Å². The molecule has 3 aliphatic heterocycles. The Morgan fingerprint density at radius 2 is 1.76 bits per heavy atom. The minimum absolute atomic E-state index is 0.0198. The Balaban J connectivity index is 1.34. The van der Waals surface area contributed by atoms with Crippen molar-refractivity contribution < 1.29 is 27.8 Å². The summed E-state index contributed by atoms with van der Waals surface area (Å²) in [4.78, 5) is 16.8. The molecule has 0 saturated carbocycles. The molecule has 9 heteroatoms. The molecule has 3 saturated heterocycles. The Hall–Kier alpha value is -2.16. The Kier molecular flexibility index (Phi) is 5.50. The third-order valence-corrected chi connectivity index (χ3v) is 6.13. The molecule has 6 nitrogen and oxygen atoms in total. The molecule has 2 N–H and O–H groups in total. The average molecular weight is 413 g/mol. The van der Waals surface area contributed by atoms with E-state index in [2.05, 4.69) is 15.0 Å². The Morgan fingerprint density at radius 3 is 2.38 bits per heavy atom. The van der Waals surface area contributed by atoms with Crippen LogP contribution in [0.5, 0.6) is 5.75 Å². The summed E-state index contributed by atoms with van der Waals surface area (Å²) < 4.78 is 40.9. The van der Waals surface area contributed by atoms with E-state index in [1.807, 2.05) is 4.90 Å². The molecule has 3 aliphatic rings. The first kappa shape index (κ1) is 20.1. The first-order chi connectivity index (χ1) is 13.8. The molecule has 1 aromatic rings.